The predicted molar refractivity (Wildman–Crippen MR) is 90.3 cm³/mol. The number of aromatic nitrogens is 1. The second-order valence-corrected chi connectivity index (χ2v) is 5.83. The molecule has 1 aliphatic heterocycles. The van der Waals surface area contributed by atoms with E-state index in [1.807, 2.05) is 6.07 Å². The third-order valence-electron chi connectivity index (χ3n) is 4.05. The molecule has 0 unspecified atom stereocenters. The number of anilines is 1. The van der Waals surface area contributed by atoms with Crippen molar-refractivity contribution >= 4 is 34.5 Å². The van der Waals surface area contributed by atoms with Gasteiger partial charge in [0.25, 0.3) is 0 Å². The number of nitrogens with zero attached hydrogens (tertiary/aromatic N) is 2. The lowest BCUT2D eigenvalue weighted by Gasteiger charge is -2.20. The van der Waals surface area contributed by atoms with E-state index in [0.717, 1.165) is 10.3 Å². The van der Waals surface area contributed by atoms with Crippen LogP contribution in [0, 0.1) is 0 Å². The van der Waals surface area contributed by atoms with E-state index < -0.39 is 24.0 Å². The summed E-state index contributed by atoms with van der Waals surface area (Å²) in [6.07, 6.45) is -1.22. The number of hydrogen-bond acceptors (Lipinski definition) is 5. The van der Waals surface area contributed by atoms with Gasteiger partial charge in [-0.25, -0.2) is 4.79 Å². The molecule has 2 heterocycles. The van der Waals surface area contributed by atoms with Crippen LogP contribution in [0.3, 0.4) is 0 Å². The molecular weight excluding hydrogens is 326 g/mol. The molecule has 0 saturated carbocycles. The smallest absolute Gasteiger partial charge is 0.414 e. The van der Waals surface area contributed by atoms with Crippen LogP contribution < -0.4 is 10.5 Å². The van der Waals surface area contributed by atoms with Crippen molar-refractivity contribution in [2.45, 2.75) is 20.0 Å². The molecule has 1 atom stereocenters. The number of ether oxygens (including phenoxy) is 1. The van der Waals surface area contributed by atoms with Crippen LogP contribution in [0.5, 0.6) is 0 Å². The number of fused-ring (bicyclic) bond motifs is 1. The minimum Gasteiger partial charge on any atom is -0.442 e. The van der Waals surface area contributed by atoms with Gasteiger partial charge < -0.3 is 9.72 Å². The molecule has 1 N–H and O–H groups in total. The second-order valence-electron chi connectivity index (χ2n) is 5.83. The van der Waals surface area contributed by atoms with Crippen LogP contribution in [0.15, 0.2) is 35.1 Å². The number of rotatable bonds is 3. The van der Waals surface area contributed by atoms with Crippen molar-refractivity contribution in [3.8, 4) is 0 Å². The first-order valence-corrected chi connectivity index (χ1v) is 7.75. The van der Waals surface area contributed by atoms with Gasteiger partial charge in [-0.2, -0.15) is 0 Å². The van der Waals surface area contributed by atoms with Gasteiger partial charge in [0.1, 0.15) is 6.10 Å². The zero-order valence-electron chi connectivity index (χ0n) is 13.8. The SMILES string of the molecule is CC(=O)N(C[C@H]1CN(c2cccc3ccc(=O)[nH]c23)C(=O)O1)C(C)=O. The van der Waals surface area contributed by atoms with Crippen LogP contribution in [0.4, 0.5) is 10.5 Å². The Balaban J connectivity index is 1.89. The van der Waals surface area contributed by atoms with Gasteiger partial charge in [0.05, 0.1) is 24.3 Å². The first kappa shape index (κ1) is 16.7. The van der Waals surface area contributed by atoms with Crippen molar-refractivity contribution in [3.05, 3.63) is 40.7 Å². The summed E-state index contributed by atoms with van der Waals surface area (Å²) in [5.74, 6) is -0.812. The summed E-state index contributed by atoms with van der Waals surface area (Å²) in [5.41, 5.74) is 0.769. The Kier molecular flexibility index (Phi) is 4.26. The maximum absolute atomic E-state index is 12.3. The number of cyclic esters (lactones) is 1. The maximum atomic E-state index is 12.3. The van der Waals surface area contributed by atoms with Gasteiger partial charge in [-0.15, -0.1) is 0 Å². The number of hydrogen-bond donors (Lipinski definition) is 1. The quantitative estimate of drug-likeness (QED) is 0.904. The van der Waals surface area contributed by atoms with E-state index in [2.05, 4.69) is 4.98 Å². The number of H-pyrrole nitrogens is 1. The minimum absolute atomic E-state index is 0.00576. The molecule has 8 heteroatoms. The molecule has 3 rings (SSSR count). The number of imide groups is 1. The third kappa shape index (κ3) is 3.23. The van der Waals surface area contributed by atoms with Crippen LogP contribution in [-0.2, 0) is 14.3 Å². The van der Waals surface area contributed by atoms with Crippen LogP contribution in [-0.4, -0.2) is 47.0 Å². The summed E-state index contributed by atoms with van der Waals surface area (Å²) in [6.45, 7) is 2.73. The van der Waals surface area contributed by atoms with Gasteiger partial charge in [0.15, 0.2) is 0 Å². The van der Waals surface area contributed by atoms with Crippen molar-refractivity contribution in [2.24, 2.45) is 0 Å². The summed E-state index contributed by atoms with van der Waals surface area (Å²) in [4.78, 5) is 52.1. The fourth-order valence-electron chi connectivity index (χ4n) is 2.88. The average Bonchev–Trinajstić information content (AvgIpc) is 2.92. The predicted octanol–water partition coefficient (Wildman–Crippen LogP) is 1.25. The Hall–Kier alpha value is -3.16. The van der Waals surface area contributed by atoms with Gasteiger partial charge in [-0.3, -0.25) is 24.2 Å². The number of nitrogens with one attached hydrogen (secondary N) is 1. The molecule has 0 spiro atoms. The number of aromatic amines is 1. The summed E-state index contributed by atoms with van der Waals surface area (Å²) >= 11 is 0. The highest BCUT2D eigenvalue weighted by Gasteiger charge is 2.35. The van der Waals surface area contributed by atoms with Crippen molar-refractivity contribution in [2.75, 3.05) is 18.0 Å². The van der Waals surface area contributed by atoms with Gasteiger partial charge >= 0.3 is 6.09 Å². The van der Waals surface area contributed by atoms with E-state index in [4.69, 9.17) is 4.74 Å². The monoisotopic (exact) mass is 343 g/mol. The van der Waals surface area contributed by atoms with Crippen LogP contribution >= 0.6 is 0 Å². The Bertz CT molecular complexity index is 906. The van der Waals surface area contributed by atoms with E-state index in [9.17, 15) is 19.2 Å². The molecule has 1 aromatic carbocycles. The standard InChI is InChI=1S/C17H17N3O5/c1-10(21)19(11(2)22)8-13-9-20(17(24)25-13)14-5-3-4-12-6-7-15(23)18-16(12)14/h3-7,13H,8-9H2,1-2H3,(H,18,23)/t13-/m0/s1. The number of benzene rings is 1. The van der Waals surface area contributed by atoms with Crippen molar-refractivity contribution < 1.29 is 19.1 Å². The van der Waals surface area contributed by atoms with E-state index in [0.29, 0.717) is 11.2 Å². The largest absolute Gasteiger partial charge is 0.442 e. The molecule has 130 valence electrons. The highest BCUT2D eigenvalue weighted by molar-refractivity contribution is 6.00. The maximum Gasteiger partial charge on any atom is 0.414 e. The zero-order valence-corrected chi connectivity index (χ0v) is 13.8. The van der Waals surface area contributed by atoms with Gasteiger partial charge in [0, 0.05) is 25.3 Å². The summed E-state index contributed by atoms with van der Waals surface area (Å²) in [6, 6.07) is 8.38. The van der Waals surface area contributed by atoms with E-state index in [1.54, 1.807) is 18.2 Å². The Morgan fingerprint density at radius 1 is 1.20 bits per heavy atom. The fourth-order valence-corrected chi connectivity index (χ4v) is 2.88. The highest BCUT2D eigenvalue weighted by Crippen LogP contribution is 2.28. The van der Waals surface area contributed by atoms with Gasteiger partial charge in [-0.05, 0) is 12.1 Å². The Morgan fingerprint density at radius 3 is 2.60 bits per heavy atom. The fraction of sp³-hybridized carbons (Fsp3) is 0.294. The topological polar surface area (TPSA) is 99.8 Å². The van der Waals surface area contributed by atoms with Crippen molar-refractivity contribution in [3.63, 3.8) is 0 Å². The molecule has 3 amide bonds. The molecule has 1 aromatic heterocycles. The van der Waals surface area contributed by atoms with Crippen LogP contribution in [0.2, 0.25) is 0 Å². The van der Waals surface area contributed by atoms with E-state index >= 15 is 0 Å². The first-order valence-electron chi connectivity index (χ1n) is 7.75. The highest BCUT2D eigenvalue weighted by atomic mass is 16.6. The number of pyridine rings is 1. The van der Waals surface area contributed by atoms with Crippen LogP contribution in [0.25, 0.3) is 10.9 Å². The third-order valence-corrected chi connectivity index (χ3v) is 4.05. The molecule has 1 saturated heterocycles. The lowest BCUT2D eigenvalue weighted by atomic mass is 10.1. The molecular formula is C17H17N3O5. The molecule has 0 radical (unpaired) electrons. The van der Waals surface area contributed by atoms with Gasteiger partial charge in [0.2, 0.25) is 17.4 Å². The zero-order chi connectivity index (χ0) is 18.1. The molecule has 0 aliphatic carbocycles. The van der Waals surface area contributed by atoms with Gasteiger partial charge in [-0.1, -0.05) is 12.1 Å². The molecule has 25 heavy (non-hydrogen) atoms. The summed E-state index contributed by atoms with van der Waals surface area (Å²) in [5, 5.41) is 0.780. The number of carbonyl (C=O) groups is 3. The normalized spacial score (nSPS) is 16.8. The Morgan fingerprint density at radius 2 is 1.92 bits per heavy atom. The van der Waals surface area contributed by atoms with Crippen LogP contribution in [0.1, 0.15) is 13.8 Å². The first-order chi connectivity index (χ1) is 11.9. The molecule has 1 aliphatic rings. The summed E-state index contributed by atoms with van der Waals surface area (Å²) in [7, 11) is 0. The second kappa shape index (κ2) is 6.39. The number of carbonyl (C=O) groups excluding carboxylic acids is 3. The lowest BCUT2D eigenvalue weighted by molar-refractivity contribution is -0.143. The molecule has 1 fully saturated rings. The molecule has 2 aromatic rings. The molecule has 8 nitrogen and oxygen atoms in total. The number of para-hydroxylation sites is 1. The Labute approximate surface area is 143 Å². The van der Waals surface area contributed by atoms with Crippen molar-refractivity contribution in [1.29, 1.82) is 0 Å². The summed E-state index contributed by atoms with van der Waals surface area (Å²) < 4.78 is 5.29. The van der Waals surface area contributed by atoms with E-state index in [1.165, 1.54) is 24.8 Å². The van der Waals surface area contributed by atoms with E-state index in [-0.39, 0.29) is 18.6 Å². The number of amides is 3. The lowest BCUT2D eigenvalue weighted by Crippen LogP contribution is -2.40. The van der Waals surface area contributed by atoms with Crippen molar-refractivity contribution in [1.82, 2.24) is 9.88 Å². The minimum atomic E-state index is -0.633. The average molecular weight is 343 g/mol. The molecule has 0 bridgehead atoms.